The first kappa shape index (κ1) is 14.1. The van der Waals surface area contributed by atoms with Gasteiger partial charge in [0, 0.05) is 29.1 Å². The van der Waals surface area contributed by atoms with E-state index in [4.69, 9.17) is 9.47 Å². The van der Waals surface area contributed by atoms with Gasteiger partial charge in [-0.1, -0.05) is 15.9 Å². The number of aromatic nitrogens is 2. The number of benzene rings is 1. The van der Waals surface area contributed by atoms with E-state index in [2.05, 4.69) is 43.3 Å². The van der Waals surface area contributed by atoms with Gasteiger partial charge in [0.1, 0.15) is 17.4 Å². The minimum atomic E-state index is 0.556. The predicted molar refractivity (Wildman–Crippen MR) is 84.0 cm³/mol. The van der Waals surface area contributed by atoms with Gasteiger partial charge >= 0.3 is 0 Å². The molecule has 110 valence electrons. The van der Waals surface area contributed by atoms with Crippen LogP contribution in [0.3, 0.4) is 0 Å². The lowest BCUT2D eigenvalue weighted by atomic mass is 10.1. The minimum Gasteiger partial charge on any atom is -0.493 e. The van der Waals surface area contributed by atoms with Gasteiger partial charge in [-0.3, -0.25) is 0 Å². The van der Waals surface area contributed by atoms with Gasteiger partial charge in [-0.25, -0.2) is 4.98 Å². The topological polar surface area (TPSA) is 56.3 Å². The van der Waals surface area contributed by atoms with E-state index in [1.165, 1.54) is 5.56 Å². The molecule has 0 saturated carbocycles. The van der Waals surface area contributed by atoms with Crippen molar-refractivity contribution >= 4 is 21.7 Å². The van der Waals surface area contributed by atoms with Crippen LogP contribution in [0.1, 0.15) is 17.0 Å². The average Bonchev–Trinajstić information content (AvgIpc) is 2.92. The van der Waals surface area contributed by atoms with Gasteiger partial charge in [0.2, 0.25) is 5.88 Å². The number of ether oxygens (including phenoxy) is 2. The lowest BCUT2D eigenvalue weighted by Gasteiger charge is -2.11. The number of anilines is 1. The number of aryl methyl sites for hydroxylation is 1. The zero-order chi connectivity index (χ0) is 14.8. The maximum atomic E-state index is 5.72. The number of nitrogens with one attached hydrogen (secondary N) is 1. The smallest absolute Gasteiger partial charge is 0.218 e. The SMILES string of the molecule is COc1cc(NCc2cc(Br)cc3c2OCC3)nc(C)n1. The number of hydrogen-bond donors (Lipinski definition) is 1. The van der Waals surface area contributed by atoms with Crippen LogP contribution in [0.5, 0.6) is 11.6 Å². The second kappa shape index (κ2) is 5.89. The van der Waals surface area contributed by atoms with Crippen molar-refractivity contribution in [1.29, 1.82) is 0 Å². The highest BCUT2D eigenvalue weighted by atomic mass is 79.9. The summed E-state index contributed by atoms with van der Waals surface area (Å²) in [5.41, 5.74) is 2.37. The zero-order valence-electron chi connectivity index (χ0n) is 11.9. The Hall–Kier alpha value is -1.82. The summed E-state index contributed by atoms with van der Waals surface area (Å²) in [6.07, 6.45) is 0.961. The highest BCUT2D eigenvalue weighted by Gasteiger charge is 2.17. The third-order valence-electron chi connectivity index (χ3n) is 3.31. The summed E-state index contributed by atoms with van der Waals surface area (Å²) < 4.78 is 12.0. The number of nitrogens with zero attached hydrogens (tertiary/aromatic N) is 2. The van der Waals surface area contributed by atoms with Crippen molar-refractivity contribution in [2.75, 3.05) is 19.0 Å². The van der Waals surface area contributed by atoms with Crippen LogP contribution in [0.4, 0.5) is 5.82 Å². The van der Waals surface area contributed by atoms with Crippen LogP contribution >= 0.6 is 15.9 Å². The molecule has 0 radical (unpaired) electrons. The molecule has 0 atom stereocenters. The molecule has 1 aromatic carbocycles. The van der Waals surface area contributed by atoms with E-state index in [0.717, 1.165) is 34.6 Å². The molecule has 0 saturated heterocycles. The summed E-state index contributed by atoms with van der Waals surface area (Å²) in [7, 11) is 1.60. The molecule has 2 heterocycles. The number of hydrogen-bond acceptors (Lipinski definition) is 5. The second-order valence-corrected chi connectivity index (χ2v) is 5.76. The van der Waals surface area contributed by atoms with Crippen LogP contribution in [0.25, 0.3) is 0 Å². The third kappa shape index (κ3) is 3.10. The summed E-state index contributed by atoms with van der Waals surface area (Å²) in [5.74, 6) is 2.96. The van der Waals surface area contributed by atoms with Crippen molar-refractivity contribution in [2.45, 2.75) is 19.9 Å². The van der Waals surface area contributed by atoms with Gasteiger partial charge < -0.3 is 14.8 Å². The minimum absolute atomic E-state index is 0.556. The van der Waals surface area contributed by atoms with Gasteiger partial charge in [0.25, 0.3) is 0 Å². The Morgan fingerprint density at radius 1 is 1.33 bits per heavy atom. The first-order valence-electron chi connectivity index (χ1n) is 6.73. The lowest BCUT2D eigenvalue weighted by molar-refractivity contribution is 0.354. The Bertz CT molecular complexity index is 676. The molecule has 1 N–H and O–H groups in total. The van der Waals surface area contributed by atoms with Crippen molar-refractivity contribution in [3.63, 3.8) is 0 Å². The van der Waals surface area contributed by atoms with E-state index in [1.807, 2.05) is 6.92 Å². The molecule has 0 spiro atoms. The molecule has 0 bridgehead atoms. The fourth-order valence-corrected chi connectivity index (χ4v) is 2.95. The van der Waals surface area contributed by atoms with E-state index >= 15 is 0 Å². The Morgan fingerprint density at radius 3 is 3.00 bits per heavy atom. The van der Waals surface area contributed by atoms with Crippen LogP contribution in [-0.2, 0) is 13.0 Å². The molecule has 6 heteroatoms. The van der Waals surface area contributed by atoms with Crippen molar-refractivity contribution in [1.82, 2.24) is 9.97 Å². The lowest BCUT2D eigenvalue weighted by Crippen LogP contribution is -2.05. The van der Waals surface area contributed by atoms with Gasteiger partial charge in [0.05, 0.1) is 13.7 Å². The van der Waals surface area contributed by atoms with Gasteiger partial charge in [-0.2, -0.15) is 4.98 Å². The summed E-state index contributed by atoms with van der Waals surface area (Å²) >= 11 is 3.55. The zero-order valence-corrected chi connectivity index (χ0v) is 13.5. The number of rotatable bonds is 4. The number of methoxy groups -OCH3 is 1. The van der Waals surface area contributed by atoms with Crippen molar-refractivity contribution in [2.24, 2.45) is 0 Å². The molecule has 2 aromatic rings. The van der Waals surface area contributed by atoms with Gasteiger partial charge in [-0.15, -0.1) is 0 Å². The molecular weight excluding hydrogens is 334 g/mol. The Morgan fingerprint density at radius 2 is 2.19 bits per heavy atom. The van der Waals surface area contributed by atoms with Crippen LogP contribution in [0.15, 0.2) is 22.7 Å². The maximum absolute atomic E-state index is 5.72. The first-order chi connectivity index (χ1) is 10.2. The fourth-order valence-electron chi connectivity index (χ4n) is 2.40. The summed E-state index contributed by atoms with van der Waals surface area (Å²) in [4.78, 5) is 8.53. The average molecular weight is 350 g/mol. The van der Waals surface area contributed by atoms with E-state index in [9.17, 15) is 0 Å². The monoisotopic (exact) mass is 349 g/mol. The van der Waals surface area contributed by atoms with E-state index in [0.29, 0.717) is 18.2 Å². The van der Waals surface area contributed by atoms with Crippen LogP contribution in [-0.4, -0.2) is 23.7 Å². The second-order valence-electron chi connectivity index (χ2n) is 4.85. The summed E-state index contributed by atoms with van der Waals surface area (Å²) in [5, 5.41) is 3.30. The van der Waals surface area contributed by atoms with Crippen LogP contribution in [0, 0.1) is 6.92 Å². The van der Waals surface area contributed by atoms with Crippen molar-refractivity contribution < 1.29 is 9.47 Å². The number of fused-ring (bicyclic) bond motifs is 1. The molecule has 1 aliphatic rings. The predicted octanol–water partition coefficient (Wildman–Crippen LogP) is 3.10. The molecule has 5 nitrogen and oxygen atoms in total. The molecule has 1 aliphatic heterocycles. The van der Waals surface area contributed by atoms with Crippen LogP contribution < -0.4 is 14.8 Å². The molecule has 0 unspecified atom stereocenters. The largest absolute Gasteiger partial charge is 0.493 e. The van der Waals surface area contributed by atoms with Gasteiger partial charge in [0.15, 0.2) is 0 Å². The summed E-state index contributed by atoms with van der Waals surface area (Å²) in [6, 6.07) is 5.97. The number of halogens is 1. The highest BCUT2D eigenvalue weighted by molar-refractivity contribution is 9.10. The Kier molecular flexibility index (Phi) is 3.96. The molecule has 21 heavy (non-hydrogen) atoms. The third-order valence-corrected chi connectivity index (χ3v) is 3.77. The van der Waals surface area contributed by atoms with E-state index in [1.54, 1.807) is 13.2 Å². The maximum Gasteiger partial charge on any atom is 0.218 e. The Labute approximate surface area is 131 Å². The molecule has 0 aliphatic carbocycles. The molecule has 3 rings (SSSR count). The quantitative estimate of drug-likeness (QED) is 0.918. The Balaban J connectivity index is 1.81. The molecule has 1 aromatic heterocycles. The van der Waals surface area contributed by atoms with Crippen molar-refractivity contribution in [3.05, 3.63) is 39.6 Å². The fraction of sp³-hybridized carbons (Fsp3) is 0.333. The molecule has 0 amide bonds. The van der Waals surface area contributed by atoms with Gasteiger partial charge in [-0.05, 0) is 24.6 Å². The van der Waals surface area contributed by atoms with Crippen molar-refractivity contribution in [3.8, 4) is 11.6 Å². The van der Waals surface area contributed by atoms with E-state index in [-0.39, 0.29) is 0 Å². The highest BCUT2D eigenvalue weighted by Crippen LogP contribution is 2.33. The normalized spacial score (nSPS) is 12.7. The molecular formula is C15H16BrN3O2. The van der Waals surface area contributed by atoms with Crippen LogP contribution in [0.2, 0.25) is 0 Å². The first-order valence-corrected chi connectivity index (χ1v) is 7.52. The van der Waals surface area contributed by atoms with E-state index < -0.39 is 0 Å². The molecule has 0 fully saturated rings. The summed E-state index contributed by atoms with van der Waals surface area (Å²) in [6.45, 7) is 3.23. The standard InChI is InChI=1S/C15H16BrN3O2/c1-9-18-13(7-14(19-9)20-2)17-8-11-6-12(16)5-10-3-4-21-15(10)11/h5-7H,3-4,8H2,1-2H3,(H,17,18,19).